The molecule has 0 saturated heterocycles. The van der Waals surface area contributed by atoms with E-state index in [2.05, 4.69) is 123 Å². The van der Waals surface area contributed by atoms with Crippen LogP contribution in [-0.2, 0) is 32.7 Å². The van der Waals surface area contributed by atoms with Gasteiger partial charge in [-0.15, -0.1) is 0 Å². The van der Waals surface area contributed by atoms with Crippen molar-refractivity contribution < 1.29 is 42.1 Å². The summed E-state index contributed by atoms with van der Waals surface area (Å²) in [5.41, 5.74) is 0. The summed E-state index contributed by atoms with van der Waals surface area (Å²) in [6, 6.07) is 0. The van der Waals surface area contributed by atoms with Gasteiger partial charge in [-0.3, -0.25) is 14.2 Å². The topological polar surface area (TPSA) is 111 Å². The summed E-state index contributed by atoms with van der Waals surface area (Å²) in [4.78, 5) is 38.1. The number of phosphoric ester groups is 1. The fourth-order valence-electron chi connectivity index (χ4n) is 10.2. The molecule has 0 spiro atoms. The molecule has 2 atom stereocenters. The number of ether oxygens (including phenoxy) is 2. The molecule has 88 heavy (non-hydrogen) atoms. The first-order valence-electron chi connectivity index (χ1n) is 36.6. The molecule has 0 rings (SSSR count). The molecule has 0 saturated carbocycles. The van der Waals surface area contributed by atoms with E-state index in [4.69, 9.17) is 18.5 Å². The fourth-order valence-corrected chi connectivity index (χ4v) is 10.9. The van der Waals surface area contributed by atoms with E-state index in [0.29, 0.717) is 17.4 Å². The molecule has 0 heterocycles. The van der Waals surface area contributed by atoms with Crippen LogP contribution < -0.4 is 4.89 Å². The number of unbranched alkanes of at least 4 members (excludes halogenated alkanes) is 35. The van der Waals surface area contributed by atoms with Gasteiger partial charge in [0.15, 0.2) is 6.10 Å². The largest absolute Gasteiger partial charge is 0.756 e. The van der Waals surface area contributed by atoms with E-state index >= 15 is 0 Å². The Kier molecular flexibility index (Phi) is 65.5. The molecule has 0 radical (unpaired) electrons. The van der Waals surface area contributed by atoms with Gasteiger partial charge in [-0.2, -0.15) is 0 Å². The van der Waals surface area contributed by atoms with Crippen LogP contribution in [0.25, 0.3) is 0 Å². The highest BCUT2D eigenvalue weighted by Gasteiger charge is 2.22. The third kappa shape index (κ3) is 71.7. The van der Waals surface area contributed by atoms with E-state index in [1.807, 2.05) is 21.1 Å². The zero-order valence-electron chi connectivity index (χ0n) is 57.9. The van der Waals surface area contributed by atoms with Crippen LogP contribution in [0.4, 0.5) is 0 Å². The highest BCUT2D eigenvalue weighted by molar-refractivity contribution is 7.45. The highest BCUT2D eigenvalue weighted by atomic mass is 31.2. The molecule has 0 aliphatic heterocycles. The Bertz CT molecular complexity index is 1850. The number of phosphoric acid groups is 1. The summed E-state index contributed by atoms with van der Waals surface area (Å²) in [5, 5.41) is 0. The van der Waals surface area contributed by atoms with Gasteiger partial charge in [-0.1, -0.05) is 316 Å². The first-order chi connectivity index (χ1) is 43.0. The molecule has 10 heteroatoms. The average molecular weight is 1250 g/mol. The monoisotopic (exact) mass is 1250 g/mol. The van der Waals surface area contributed by atoms with E-state index in [1.165, 1.54) is 186 Å². The average Bonchev–Trinajstić information content (AvgIpc) is 3.58. The number of hydrogen-bond acceptors (Lipinski definition) is 8. The fraction of sp³-hybridized carbons (Fsp3) is 0.744. The second-order valence-electron chi connectivity index (χ2n) is 25.6. The van der Waals surface area contributed by atoms with Crippen LogP contribution in [0.3, 0.4) is 0 Å². The Hall–Kier alpha value is -3.33. The van der Waals surface area contributed by atoms with Crippen LogP contribution in [0.15, 0.2) is 109 Å². The van der Waals surface area contributed by atoms with Crippen molar-refractivity contribution in [2.45, 2.75) is 328 Å². The van der Waals surface area contributed by atoms with Gasteiger partial charge in [0, 0.05) is 12.8 Å². The van der Waals surface area contributed by atoms with Crippen molar-refractivity contribution in [2.24, 2.45) is 0 Å². The normalized spacial score (nSPS) is 13.8. The zero-order valence-corrected chi connectivity index (χ0v) is 58.8. The van der Waals surface area contributed by atoms with E-state index in [0.717, 1.165) is 103 Å². The van der Waals surface area contributed by atoms with E-state index in [1.54, 1.807) is 0 Å². The van der Waals surface area contributed by atoms with Gasteiger partial charge in [0.25, 0.3) is 7.82 Å². The lowest BCUT2D eigenvalue weighted by Gasteiger charge is -2.28. The van der Waals surface area contributed by atoms with Crippen molar-refractivity contribution in [1.82, 2.24) is 0 Å². The van der Waals surface area contributed by atoms with Gasteiger partial charge in [0.2, 0.25) is 0 Å². The van der Waals surface area contributed by atoms with Crippen LogP contribution in [0.5, 0.6) is 0 Å². The van der Waals surface area contributed by atoms with Crippen molar-refractivity contribution in [2.75, 3.05) is 47.5 Å². The Morgan fingerprint density at radius 2 is 0.648 bits per heavy atom. The van der Waals surface area contributed by atoms with Crippen molar-refractivity contribution >= 4 is 19.8 Å². The molecule has 2 unspecified atom stereocenters. The van der Waals surface area contributed by atoms with Crippen LogP contribution in [0.2, 0.25) is 0 Å². The van der Waals surface area contributed by atoms with E-state index in [9.17, 15) is 19.0 Å². The Morgan fingerprint density at radius 3 is 0.966 bits per heavy atom. The van der Waals surface area contributed by atoms with E-state index in [-0.39, 0.29) is 32.0 Å². The first kappa shape index (κ1) is 84.7. The van der Waals surface area contributed by atoms with Gasteiger partial charge in [0.05, 0.1) is 27.7 Å². The lowest BCUT2D eigenvalue weighted by Crippen LogP contribution is -2.37. The summed E-state index contributed by atoms with van der Waals surface area (Å²) in [6.45, 7) is 4.13. The number of nitrogens with zero attached hydrogens (tertiary/aromatic N) is 1. The van der Waals surface area contributed by atoms with Gasteiger partial charge < -0.3 is 27.9 Å². The van der Waals surface area contributed by atoms with Gasteiger partial charge in [0.1, 0.15) is 19.8 Å². The molecule has 9 nitrogen and oxygen atoms in total. The van der Waals surface area contributed by atoms with Crippen molar-refractivity contribution in [1.29, 1.82) is 0 Å². The number of hydrogen-bond donors (Lipinski definition) is 0. The summed E-state index contributed by atoms with van der Waals surface area (Å²) < 4.78 is 34.3. The Balaban J connectivity index is 3.97. The quantitative estimate of drug-likeness (QED) is 0.0195. The Labute approximate surface area is 544 Å². The van der Waals surface area contributed by atoms with Crippen LogP contribution in [-0.4, -0.2) is 70.0 Å². The summed E-state index contributed by atoms with van der Waals surface area (Å²) >= 11 is 0. The second-order valence-corrected chi connectivity index (χ2v) is 27.0. The number of carbonyl (C=O) groups excluding carboxylic acids is 2. The minimum Gasteiger partial charge on any atom is -0.756 e. The molecule has 0 aliphatic carbocycles. The van der Waals surface area contributed by atoms with Crippen molar-refractivity contribution in [3.8, 4) is 0 Å². The molecular weight excluding hydrogens is 1110 g/mol. The standard InChI is InChI=1S/C78H138NO8P/c1-6-8-10-12-14-16-18-20-22-24-26-28-30-31-32-33-34-35-36-37-38-39-40-41-42-43-44-45-46-47-49-51-53-55-57-59-61-63-65-67-69-71-78(81)87-76(75-86-88(82,83)85-73-72-79(3,4)5)74-84-77(80)70-68-66-64-62-60-58-56-54-52-50-48-29-27-25-23-21-19-17-15-13-11-9-7-2/h8,10,14,16,19-22,25-28,31-32,34-35,48,50,76H,6-7,9,11-13,15,17-18,23-24,29-30,33,36-47,49,51-75H2,1-5H3/b10-8-,16-14-,21-19-,22-20-,27-25-,28-26-,32-31-,35-34-,50-48-. The van der Waals surface area contributed by atoms with Crippen molar-refractivity contribution in [3.05, 3.63) is 109 Å². The van der Waals surface area contributed by atoms with Crippen LogP contribution in [0.1, 0.15) is 322 Å². The molecule has 0 aliphatic rings. The summed E-state index contributed by atoms with van der Waals surface area (Å²) in [5.74, 6) is -0.832. The molecular formula is C78H138NO8P. The lowest BCUT2D eigenvalue weighted by atomic mass is 10.0. The maximum Gasteiger partial charge on any atom is 0.306 e. The van der Waals surface area contributed by atoms with Crippen LogP contribution >= 0.6 is 7.82 Å². The molecule has 0 aromatic heterocycles. The SMILES string of the molecule is CC/C=C\C/C=C\C/C=C\C/C=C\C/C=C\C/C=C\CCCCCCCCCCCCCCCCCCCCCCCCC(=O)OC(COC(=O)CCCCCCCCCC/C=C\C/C=C\C/C=C\CCCCCCC)COP(=O)([O-])OCC[N+](C)(C)C. The first-order valence-corrected chi connectivity index (χ1v) is 38.1. The number of quaternary nitrogens is 1. The number of esters is 2. The van der Waals surface area contributed by atoms with Crippen LogP contribution in [0, 0.1) is 0 Å². The third-order valence-electron chi connectivity index (χ3n) is 15.8. The molecule has 0 N–H and O–H groups in total. The third-order valence-corrected chi connectivity index (χ3v) is 16.7. The minimum atomic E-state index is -4.65. The summed E-state index contributed by atoms with van der Waals surface area (Å²) in [7, 11) is 1.17. The highest BCUT2D eigenvalue weighted by Crippen LogP contribution is 2.38. The number of allylic oxidation sites excluding steroid dienone is 18. The maximum absolute atomic E-state index is 12.9. The summed E-state index contributed by atoms with van der Waals surface area (Å²) in [6.07, 6.45) is 96.1. The maximum atomic E-state index is 12.9. The van der Waals surface area contributed by atoms with Gasteiger partial charge in [-0.25, -0.2) is 0 Å². The number of likely N-dealkylation sites (N-methyl/N-ethyl adjacent to an activating group) is 1. The molecule has 0 aromatic carbocycles. The molecule has 0 aromatic rings. The van der Waals surface area contributed by atoms with E-state index < -0.39 is 26.5 Å². The number of carbonyl (C=O) groups is 2. The predicted molar refractivity (Wildman–Crippen MR) is 378 cm³/mol. The number of rotatable bonds is 67. The lowest BCUT2D eigenvalue weighted by molar-refractivity contribution is -0.870. The van der Waals surface area contributed by atoms with Crippen molar-refractivity contribution in [3.63, 3.8) is 0 Å². The van der Waals surface area contributed by atoms with Gasteiger partial charge in [-0.05, 0) is 103 Å². The smallest absolute Gasteiger partial charge is 0.306 e. The predicted octanol–water partition coefficient (Wildman–Crippen LogP) is 23.4. The second kappa shape index (κ2) is 68.0. The molecule has 0 fully saturated rings. The molecule has 0 bridgehead atoms. The van der Waals surface area contributed by atoms with Gasteiger partial charge >= 0.3 is 11.9 Å². The zero-order chi connectivity index (χ0) is 64.1. The molecule has 0 amide bonds. The molecule has 508 valence electrons. The Morgan fingerprint density at radius 1 is 0.364 bits per heavy atom. The minimum absolute atomic E-state index is 0.0341.